The van der Waals surface area contributed by atoms with E-state index < -0.39 is 0 Å². The second-order valence-electron chi connectivity index (χ2n) is 5.39. The lowest BCUT2D eigenvalue weighted by Crippen LogP contribution is -2.33. The largest absolute Gasteiger partial charge is 0.497 e. The van der Waals surface area contributed by atoms with Crippen molar-refractivity contribution in [1.29, 1.82) is 0 Å². The Bertz CT molecular complexity index is 756. The number of amides is 1. The molecular weight excluding hydrogens is 379 g/mol. The Balaban J connectivity index is 0.00000338. The van der Waals surface area contributed by atoms with Crippen LogP contribution >= 0.6 is 24.0 Å². The van der Waals surface area contributed by atoms with E-state index >= 15 is 0 Å². The van der Waals surface area contributed by atoms with Crippen molar-refractivity contribution >= 4 is 35.6 Å². The zero-order valence-corrected chi connectivity index (χ0v) is 16.3. The van der Waals surface area contributed by atoms with Crippen LogP contribution in [0.5, 0.6) is 17.2 Å². The highest BCUT2D eigenvalue weighted by Crippen LogP contribution is 2.28. The predicted octanol–water partition coefficient (Wildman–Crippen LogP) is 3.56. The second kappa shape index (κ2) is 9.99. The molecule has 0 heterocycles. The molecule has 1 unspecified atom stereocenters. The number of nitrogens with one attached hydrogen (secondary N) is 1. The highest BCUT2D eigenvalue weighted by Gasteiger charge is 2.16. The van der Waals surface area contributed by atoms with Crippen LogP contribution in [-0.4, -0.2) is 32.8 Å². The van der Waals surface area contributed by atoms with Gasteiger partial charge in [0.05, 0.1) is 37.0 Å². The van der Waals surface area contributed by atoms with Crippen LogP contribution in [0.25, 0.3) is 0 Å². The Morgan fingerprint density at radius 3 is 2.54 bits per heavy atom. The Morgan fingerprint density at radius 2 is 1.88 bits per heavy atom. The number of anilines is 1. The summed E-state index contributed by atoms with van der Waals surface area (Å²) in [6, 6.07) is 10.3. The summed E-state index contributed by atoms with van der Waals surface area (Å²) < 4.78 is 16.1. The molecule has 2 aromatic rings. The van der Waals surface area contributed by atoms with Gasteiger partial charge in [-0.25, -0.2) is 0 Å². The maximum atomic E-state index is 12.4. The molecule has 0 bridgehead atoms. The summed E-state index contributed by atoms with van der Waals surface area (Å²) >= 11 is 5.99. The number of benzene rings is 2. The van der Waals surface area contributed by atoms with Gasteiger partial charge in [0.1, 0.15) is 23.4 Å². The molecule has 0 saturated carbocycles. The van der Waals surface area contributed by atoms with Crippen molar-refractivity contribution in [1.82, 2.24) is 5.32 Å². The first-order valence-electron chi connectivity index (χ1n) is 7.66. The van der Waals surface area contributed by atoms with Gasteiger partial charge in [0.25, 0.3) is 5.91 Å². The van der Waals surface area contributed by atoms with Crippen LogP contribution in [-0.2, 0) is 0 Å². The molecule has 0 aliphatic heterocycles. The van der Waals surface area contributed by atoms with Gasteiger partial charge in [-0.3, -0.25) is 4.79 Å². The molecule has 2 aromatic carbocycles. The fourth-order valence-corrected chi connectivity index (χ4v) is 2.36. The van der Waals surface area contributed by atoms with Gasteiger partial charge in [0.2, 0.25) is 0 Å². The lowest BCUT2D eigenvalue weighted by atomic mass is 10.1. The highest BCUT2D eigenvalue weighted by atomic mass is 35.5. The van der Waals surface area contributed by atoms with Gasteiger partial charge < -0.3 is 25.3 Å². The molecule has 2 rings (SSSR count). The van der Waals surface area contributed by atoms with E-state index in [1.165, 1.54) is 19.2 Å². The predicted molar refractivity (Wildman–Crippen MR) is 105 cm³/mol. The second-order valence-corrected chi connectivity index (χ2v) is 5.80. The zero-order valence-electron chi connectivity index (χ0n) is 14.7. The molecule has 0 aliphatic carbocycles. The molecule has 0 aliphatic rings. The molecule has 3 N–H and O–H groups in total. The van der Waals surface area contributed by atoms with E-state index in [2.05, 4.69) is 5.32 Å². The average Bonchev–Trinajstić information content (AvgIpc) is 2.61. The smallest absolute Gasteiger partial charge is 0.255 e. The molecule has 0 spiro atoms. The lowest BCUT2D eigenvalue weighted by molar-refractivity contribution is 0.0929. The van der Waals surface area contributed by atoms with Gasteiger partial charge in [-0.05, 0) is 25.1 Å². The Labute approximate surface area is 164 Å². The Morgan fingerprint density at radius 1 is 1.19 bits per heavy atom. The number of carbonyl (C=O) groups is 1. The summed E-state index contributed by atoms with van der Waals surface area (Å²) in [5, 5.41) is 3.09. The minimum atomic E-state index is -0.320. The van der Waals surface area contributed by atoms with Crippen molar-refractivity contribution in [2.75, 3.05) is 26.5 Å². The summed E-state index contributed by atoms with van der Waals surface area (Å²) in [5.74, 6) is 1.41. The molecular formula is C18H22Cl2N2O4. The third-order valence-corrected chi connectivity index (χ3v) is 3.82. The molecule has 1 atom stereocenters. The first-order valence-corrected chi connectivity index (χ1v) is 8.04. The molecule has 0 saturated heterocycles. The maximum Gasteiger partial charge on any atom is 0.255 e. The minimum Gasteiger partial charge on any atom is -0.497 e. The topological polar surface area (TPSA) is 82.8 Å². The normalized spacial score (nSPS) is 11.1. The molecule has 8 heteroatoms. The van der Waals surface area contributed by atoms with Crippen LogP contribution in [0.15, 0.2) is 36.4 Å². The number of carbonyl (C=O) groups excluding carboxylic acids is 1. The summed E-state index contributed by atoms with van der Waals surface area (Å²) in [6.45, 7) is 2.16. The fourth-order valence-electron chi connectivity index (χ4n) is 2.20. The van der Waals surface area contributed by atoms with E-state index in [0.717, 1.165) is 0 Å². The van der Waals surface area contributed by atoms with E-state index in [1.54, 1.807) is 13.2 Å². The average molecular weight is 401 g/mol. The molecule has 0 radical (unpaired) electrons. The first-order chi connectivity index (χ1) is 11.9. The summed E-state index contributed by atoms with van der Waals surface area (Å²) in [7, 11) is 3.06. The summed E-state index contributed by atoms with van der Waals surface area (Å²) in [4.78, 5) is 12.4. The quantitative estimate of drug-likeness (QED) is 0.694. The van der Waals surface area contributed by atoms with Crippen LogP contribution < -0.4 is 25.3 Å². The number of halogens is 2. The van der Waals surface area contributed by atoms with E-state index in [-0.39, 0.29) is 24.4 Å². The standard InChI is InChI=1S/C18H21ClN2O4.ClH/c1-11(25-13-6-4-5-12(7-13)23-2)10-21-18(22)14-8-15(19)16(20)9-17(14)24-3;/h4-9,11H,10,20H2,1-3H3,(H,21,22);1H. The van der Waals surface area contributed by atoms with Crippen LogP contribution in [0.2, 0.25) is 5.02 Å². The number of nitrogen functional groups attached to an aromatic ring is 1. The third-order valence-electron chi connectivity index (χ3n) is 3.49. The summed E-state index contributed by atoms with van der Waals surface area (Å²) in [6.07, 6.45) is -0.244. The van der Waals surface area contributed by atoms with Crippen molar-refractivity contribution in [2.45, 2.75) is 13.0 Å². The Hall–Kier alpha value is -2.31. The third kappa shape index (κ3) is 5.61. The molecule has 0 fully saturated rings. The van der Waals surface area contributed by atoms with Crippen molar-refractivity contribution in [3.05, 3.63) is 47.0 Å². The number of rotatable bonds is 7. The number of hydrogen-bond donors (Lipinski definition) is 2. The monoisotopic (exact) mass is 400 g/mol. The number of methoxy groups -OCH3 is 2. The Kier molecular flexibility index (Phi) is 8.35. The van der Waals surface area contributed by atoms with Crippen LogP contribution in [0.1, 0.15) is 17.3 Å². The van der Waals surface area contributed by atoms with E-state index in [0.29, 0.717) is 40.1 Å². The molecule has 26 heavy (non-hydrogen) atoms. The summed E-state index contributed by atoms with van der Waals surface area (Å²) in [5.41, 5.74) is 6.39. The van der Waals surface area contributed by atoms with E-state index in [9.17, 15) is 4.79 Å². The van der Waals surface area contributed by atoms with Gasteiger partial charge in [0.15, 0.2) is 0 Å². The SMILES string of the molecule is COc1cccc(OC(C)CNC(=O)c2cc(Cl)c(N)cc2OC)c1.Cl. The van der Waals surface area contributed by atoms with Gasteiger partial charge >= 0.3 is 0 Å². The van der Waals surface area contributed by atoms with Gasteiger partial charge in [-0.2, -0.15) is 0 Å². The fraction of sp³-hybridized carbons (Fsp3) is 0.278. The van der Waals surface area contributed by atoms with Crippen molar-refractivity contribution in [3.8, 4) is 17.2 Å². The van der Waals surface area contributed by atoms with Crippen molar-refractivity contribution in [2.24, 2.45) is 0 Å². The van der Waals surface area contributed by atoms with E-state index in [4.69, 9.17) is 31.5 Å². The molecule has 6 nitrogen and oxygen atoms in total. The highest BCUT2D eigenvalue weighted by molar-refractivity contribution is 6.33. The van der Waals surface area contributed by atoms with Crippen molar-refractivity contribution < 1.29 is 19.0 Å². The number of hydrogen-bond acceptors (Lipinski definition) is 5. The molecule has 1 amide bonds. The van der Waals surface area contributed by atoms with Gasteiger partial charge in [-0.1, -0.05) is 17.7 Å². The first kappa shape index (κ1) is 21.7. The molecule has 142 valence electrons. The van der Waals surface area contributed by atoms with Crippen molar-refractivity contribution in [3.63, 3.8) is 0 Å². The zero-order chi connectivity index (χ0) is 18.4. The van der Waals surface area contributed by atoms with Gasteiger partial charge in [0, 0.05) is 12.1 Å². The lowest BCUT2D eigenvalue weighted by Gasteiger charge is -2.17. The van der Waals surface area contributed by atoms with Crippen LogP contribution in [0.4, 0.5) is 5.69 Å². The molecule has 0 aromatic heterocycles. The van der Waals surface area contributed by atoms with Gasteiger partial charge in [-0.15, -0.1) is 12.4 Å². The minimum absolute atomic E-state index is 0. The van der Waals surface area contributed by atoms with Crippen LogP contribution in [0, 0.1) is 0 Å². The maximum absolute atomic E-state index is 12.4. The van der Waals surface area contributed by atoms with E-state index in [1.807, 2.05) is 25.1 Å². The van der Waals surface area contributed by atoms with Crippen LogP contribution in [0.3, 0.4) is 0 Å². The number of nitrogens with two attached hydrogens (primary N) is 1. The number of ether oxygens (including phenoxy) is 3.